The molecule has 2 rings (SSSR count). The largest absolute Gasteiger partial charge is 0.241 e. The minimum atomic E-state index is -3.47. The van der Waals surface area contributed by atoms with Gasteiger partial charge in [0.1, 0.15) is 0 Å². The molecule has 0 fully saturated rings. The van der Waals surface area contributed by atoms with Crippen LogP contribution >= 0.6 is 15.9 Å². The van der Waals surface area contributed by atoms with Crippen LogP contribution in [-0.2, 0) is 16.4 Å². The van der Waals surface area contributed by atoms with Crippen LogP contribution in [0.2, 0.25) is 0 Å². The number of rotatable bonds is 5. The van der Waals surface area contributed by atoms with E-state index in [9.17, 15) is 8.42 Å². The summed E-state index contributed by atoms with van der Waals surface area (Å²) in [6.45, 7) is 2.41. The lowest BCUT2D eigenvalue weighted by atomic mass is 10.1. The summed E-state index contributed by atoms with van der Waals surface area (Å²) in [5.41, 5.74) is 2.33. The molecule has 106 valence electrons. The molecule has 2 aromatic carbocycles. The quantitative estimate of drug-likeness (QED) is 0.896. The summed E-state index contributed by atoms with van der Waals surface area (Å²) in [5.74, 6) is 0. The number of hydrogen-bond donors (Lipinski definition) is 1. The summed E-state index contributed by atoms with van der Waals surface area (Å²) in [6, 6.07) is 14.8. The number of nitrogens with one attached hydrogen (secondary N) is 1. The fourth-order valence-electron chi connectivity index (χ4n) is 1.95. The highest BCUT2D eigenvalue weighted by molar-refractivity contribution is 9.10. The third-order valence-corrected chi connectivity index (χ3v) is 5.55. The van der Waals surface area contributed by atoms with Crippen molar-refractivity contribution in [2.24, 2.45) is 0 Å². The van der Waals surface area contributed by atoms with E-state index < -0.39 is 10.0 Å². The number of benzene rings is 2. The molecule has 2 aromatic rings. The SMILES string of the molecule is Cc1ccccc1CCNS(=O)(=O)c1ccccc1Br. The van der Waals surface area contributed by atoms with Crippen LogP contribution < -0.4 is 4.72 Å². The van der Waals surface area contributed by atoms with E-state index in [1.807, 2.05) is 31.2 Å². The lowest BCUT2D eigenvalue weighted by Gasteiger charge is -2.09. The highest BCUT2D eigenvalue weighted by Gasteiger charge is 2.16. The predicted molar refractivity (Wildman–Crippen MR) is 84.2 cm³/mol. The maximum atomic E-state index is 12.2. The smallest absolute Gasteiger partial charge is 0.211 e. The van der Waals surface area contributed by atoms with E-state index in [0.717, 1.165) is 5.56 Å². The zero-order valence-corrected chi connectivity index (χ0v) is 13.5. The van der Waals surface area contributed by atoms with E-state index in [2.05, 4.69) is 20.7 Å². The van der Waals surface area contributed by atoms with Crippen LogP contribution in [-0.4, -0.2) is 15.0 Å². The molecule has 0 atom stereocenters. The molecule has 0 saturated heterocycles. The maximum Gasteiger partial charge on any atom is 0.241 e. The van der Waals surface area contributed by atoms with Crippen molar-refractivity contribution in [3.05, 3.63) is 64.1 Å². The molecule has 0 aromatic heterocycles. The van der Waals surface area contributed by atoms with Crippen molar-refractivity contribution in [2.45, 2.75) is 18.2 Å². The first-order valence-corrected chi connectivity index (χ1v) is 8.57. The van der Waals surface area contributed by atoms with Gasteiger partial charge in [-0.2, -0.15) is 0 Å². The van der Waals surface area contributed by atoms with Gasteiger partial charge >= 0.3 is 0 Å². The molecule has 0 aliphatic heterocycles. The summed E-state index contributed by atoms with van der Waals surface area (Å²) in [5, 5.41) is 0. The average Bonchev–Trinajstić information content (AvgIpc) is 2.41. The summed E-state index contributed by atoms with van der Waals surface area (Å²) in [4.78, 5) is 0.268. The van der Waals surface area contributed by atoms with Crippen molar-refractivity contribution in [2.75, 3.05) is 6.54 Å². The predicted octanol–water partition coefficient (Wildman–Crippen LogP) is 3.28. The Morgan fingerprint density at radius 3 is 2.40 bits per heavy atom. The van der Waals surface area contributed by atoms with Crippen LogP contribution in [0.25, 0.3) is 0 Å². The van der Waals surface area contributed by atoms with Gasteiger partial charge < -0.3 is 0 Å². The van der Waals surface area contributed by atoms with Gasteiger partial charge in [0.2, 0.25) is 10.0 Å². The Balaban J connectivity index is 2.04. The molecule has 0 heterocycles. The Morgan fingerprint density at radius 1 is 1.05 bits per heavy atom. The first-order chi connectivity index (χ1) is 9.50. The molecule has 1 N–H and O–H groups in total. The van der Waals surface area contributed by atoms with E-state index in [0.29, 0.717) is 17.4 Å². The van der Waals surface area contributed by atoms with Crippen LogP contribution in [0.15, 0.2) is 57.9 Å². The standard InChI is InChI=1S/C15H16BrNO2S/c1-12-6-2-3-7-13(12)10-11-17-20(18,19)15-9-5-4-8-14(15)16/h2-9,17H,10-11H2,1H3. The molecule has 0 radical (unpaired) electrons. The van der Waals surface area contributed by atoms with Gasteiger partial charge in [-0.1, -0.05) is 36.4 Å². The Morgan fingerprint density at radius 2 is 1.70 bits per heavy atom. The fraction of sp³-hybridized carbons (Fsp3) is 0.200. The van der Waals surface area contributed by atoms with E-state index in [4.69, 9.17) is 0 Å². The Kier molecular flexibility index (Phi) is 4.96. The molecule has 0 saturated carbocycles. The lowest BCUT2D eigenvalue weighted by molar-refractivity contribution is 0.581. The van der Waals surface area contributed by atoms with Crippen molar-refractivity contribution in [3.63, 3.8) is 0 Å². The van der Waals surface area contributed by atoms with Gasteiger partial charge in [-0.3, -0.25) is 0 Å². The zero-order valence-electron chi connectivity index (χ0n) is 11.1. The molecule has 0 aliphatic rings. The number of hydrogen-bond acceptors (Lipinski definition) is 2. The van der Waals surface area contributed by atoms with Crippen molar-refractivity contribution in [1.82, 2.24) is 4.72 Å². The zero-order chi connectivity index (χ0) is 14.6. The Hall–Kier alpha value is -1.17. The molecule has 0 spiro atoms. The molecule has 3 nitrogen and oxygen atoms in total. The maximum absolute atomic E-state index is 12.2. The van der Waals surface area contributed by atoms with Crippen LogP contribution in [0.3, 0.4) is 0 Å². The molecule has 5 heteroatoms. The monoisotopic (exact) mass is 353 g/mol. The van der Waals surface area contributed by atoms with Crippen LogP contribution in [0.4, 0.5) is 0 Å². The topological polar surface area (TPSA) is 46.2 Å². The summed E-state index contributed by atoms with van der Waals surface area (Å²) >= 11 is 3.26. The minimum absolute atomic E-state index is 0.268. The average molecular weight is 354 g/mol. The summed E-state index contributed by atoms with van der Waals surface area (Å²) in [6.07, 6.45) is 0.677. The highest BCUT2D eigenvalue weighted by Crippen LogP contribution is 2.20. The van der Waals surface area contributed by atoms with Gasteiger partial charge in [-0.25, -0.2) is 13.1 Å². The molecule has 0 aliphatic carbocycles. The van der Waals surface area contributed by atoms with Crippen molar-refractivity contribution in [3.8, 4) is 0 Å². The molecule has 0 bridgehead atoms. The third-order valence-electron chi connectivity index (χ3n) is 3.07. The van der Waals surface area contributed by atoms with E-state index in [-0.39, 0.29) is 4.90 Å². The van der Waals surface area contributed by atoms with E-state index in [1.165, 1.54) is 5.56 Å². The number of halogens is 1. The second-order valence-electron chi connectivity index (χ2n) is 4.50. The molecular formula is C15H16BrNO2S. The van der Waals surface area contributed by atoms with Crippen LogP contribution in [0, 0.1) is 6.92 Å². The first-order valence-electron chi connectivity index (χ1n) is 6.29. The second kappa shape index (κ2) is 6.52. The van der Waals surface area contributed by atoms with Gasteiger partial charge in [0, 0.05) is 11.0 Å². The Bertz CT molecular complexity index is 699. The summed E-state index contributed by atoms with van der Waals surface area (Å²) < 4.78 is 27.6. The van der Waals surface area contributed by atoms with Crippen molar-refractivity contribution in [1.29, 1.82) is 0 Å². The van der Waals surface area contributed by atoms with E-state index >= 15 is 0 Å². The van der Waals surface area contributed by atoms with Crippen molar-refractivity contribution >= 4 is 26.0 Å². The van der Waals surface area contributed by atoms with Gasteiger partial charge in [0.25, 0.3) is 0 Å². The van der Waals surface area contributed by atoms with Crippen molar-refractivity contribution < 1.29 is 8.42 Å². The molecule has 20 heavy (non-hydrogen) atoms. The lowest BCUT2D eigenvalue weighted by Crippen LogP contribution is -2.26. The summed E-state index contributed by atoms with van der Waals surface area (Å²) in [7, 11) is -3.47. The molecule has 0 unspecified atom stereocenters. The second-order valence-corrected chi connectivity index (χ2v) is 7.09. The minimum Gasteiger partial charge on any atom is -0.211 e. The third kappa shape index (κ3) is 3.69. The molecule has 0 amide bonds. The van der Waals surface area contributed by atoms with Crippen LogP contribution in [0.5, 0.6) is 0 Å². The molecular weight excluding hydrogens is 338 g/mol. The first kappa shape index (κ1) is 15.2. The fourth-order valence-corrected chi connectivity index (χ4v) is 3.98. The Labute approximate surface area is 128 Å². The van der Waals surface area contributed by atoms with Gasteiger partial charge in [-0.15, -0.1) is 0 Å². The number of sulfonamides is 1. The van der Waals surface area contributed by atoms with Gasteiger partial charge in [0.05, 0.1) is 4.90 Å². The van der Waals surface area contributed by atoms with Crippen LogP contribution in [0.1, 0.15) is 11.1 Å². The normalized spacial score (nSPS) is 11.5. The highest BCUT2D eigenvalue weighted by atomic mass is 79.9. The van der Waals surface area contributed by atoms with E-state index in [1.54, 1.807) is 24.3 Å². The number of aryl methyl sites for hydroxylation is 1. The van der Waals surface area contributed by atoms with Gasteiger partial charge in [0.15, 0.2) is 0 Å². The van der Waals surface area contributed by atoms with Gasteiger partial charge in [-0.05, 0) is 52.5 Å².